The fourth-order valence-corrected chi connectivity index (χ4v) is 2.57. The van der Waals surface area contributed by atoms with E-state index in [9.17, 15) is 4.79 Å². The summed E-state index contributed by atoms with van der Waals surface area (Å²) in [5, 5.41) is 12.1. The zero-order valence-corrected chi connectivity index (χ0v) is 12.1. The summed E-state index contributed by atoms with van der Waals surface area (Å²) in [5.74, 6) is 0.253. The first-order chi connectivity index (χ1) is 9.70. The average Bonchev–Trinajstić information content (AvgIpc) is 2.84. The Kier molecular flexibility index (Phi) is 5.19. The highest BCUT2D eigenvalue weighted by atomic mass is 16.2. The lowest BCUT2D eigenvalue weighted by atomic mass is 10.1. The van der Waals surface area contributed by atoms with Crippen LogP contribution in [-0.4, -0.2) is 35.0 Å². The molecule has 108 valence electrons. The van der Waals surface area contributed by atoms with Crippen LogP contribution in [0.25, 0.3) is 0 Å². The van der Waals surface area contributed by atoms with Crippen LogP contribution in [0, 0.1) is 11.3 Å². The predicted molar refractivity (Wildman–Crippen MR) is 76.9 cm³/mol. The van der Waals surface area contributed by atoms with Crippen molar-refractivity contribution in [3.8, 4) is 6.07 Å². The zero-order chi connectivity index (χ0) is 14.4. The van der Waals surface area contributed by atoms with E-state index in [1.165, 1.54) is 6.42 Å². The lowest BCUT2D eigenvalue weighted by molar-refractivity contribution is -0.131. The van der Waals surface area contributed by atoms with Gasteiger partial charge in [0.05, 0.1) is 0 Å². The van der Waals surface area contributed by atoms with Crippen LogP contribution < -0.4 is 5.32 Å². The van der Waals surface area contributed by atoms with Crippen molar-refractivity contribution in [2.45, 2.75) is 32.2 Å². The third kappa shape index (κ3) is 3.84. The Labute approximate surface area is 120 Å². The highest BCUT2D eigenvalue weighted by molar-refractivity contribution is 5.76. The van der Waals surface area contributed by atoms with Crippen LogP contribution in [0.4, 0.5) is 0 Å². The lowest BCUT2D eigenvalue weighted by Crippen LogP contribution is -2.37. The van der Waals surface area contributed by atoms with Crippen LogP contribution in [0.5, 0.6) is 0 Å². The number of nitriles is 1. The van der Waals surface area contributed by atoms with Crippen molar-refractivity contribution in [2.24, 2.45) is 7.05 Å². The summed E-state index contributed by atoms with van der Waals surface area (Å²) in [7, 11) is 1.86. The van der Waals surface area contributed by atoms with E-state index < -0.39 is 0 Å². The van der Waals surface area contributed by atoms with Gasteiger partial charge in [-0.2, -0.15) is 5.26 Å². The minimum atomic E-state index is 0.253. The topological polar surface area (TPSA) is 61.1 Å². The monoisotopic (exact) mass is 274 g/mol. The molecule has 5 nitrogen and oxygen atoms in total. The van der Waals surface area contributed by atoms with Crippen molar-refractivity contribution in [3.05, 3.63) is 23.5 Å². The molecule has 0 unspecified atom stereocenters. The Balaban J connectivity index is 1.68. The predicted octanol–water partition coefficient (Wildman–Crippen LogP) is 1.39. The first-order valence-corrected chi connectivity index (χ1v) is 7.24. The minimum absolute atomic E-state index is 0.253. The molecule has 0 saturated carbocycles. The van der Waals surface area contributed by atoms with Gasteiger partial charge in [-0.25, -0.2) is 0 Å². The number of aryl methyl sites for hydroxylation is 1. The second-order valence-corrected chi connectivity index (χ2v) is 5.32. The largest absolute Gasteiger partial charge is 0.343 e. The molecule has 1 N–H and O–H groups in total. The Morgan fingerprint density at radius 2 is 2.15 bits per heavy atom. The molecule has 0 aliphatic carbocycles. The van der Waals surface area contributed by atoms with Crippen molar-refractivity contribution in [1.29, 1.82) is 5.26 Å². The fraction of sp³-hybridized carbons (Fsp3) is 0.600. The summed E-state index contributed by atoms with van der Waals surface area (Å²) in [6.07, 6.45) is 6.02. The second kappa shape index (κ2) is 7.11. The maximum Gasteiger partial charge on any atom is 0.223 e. The second-order valence-electron chi connectivity index (χ2n) is 5.32. The normalized spacial score (nSPS) is 15.1. The van der Waals surface area contributed by atoms with Crippen molar-refractivity contribution < 1.29 is 4.79 Å². The molecule has 0 radical (unpaired) electrons. The summed E-state index contributed by atoms with van der Waals surface area (Å²) in [4.78, 5) is 13.9. The van der Waals surface area contributed by atoms with Gasteiger partial charge in [-0.15, -0.1) is 0 Å². The standard InChI is InChI=1S/C15H22N4O/c1-18-12-13(9-14(18)10-16)11-17-6-5-15(20)19-7-3-2-4-8-19/h9,12,17H,2-8,11H2,1H3. The van der Waals surface area contributed by atoms with Crippen LogP contribution in [0.3, 0.4) is 0 Å². The molecule has 1 amide bonds. The molecule has 0 aromatic carbocycles. The van der Waals surface area contributed by atoms with Gasteiger partial charge in [0.2, 0.25) is 5.91 Å². The number of likely N-dealkylation sites (tertiary alicyclic amines) is 1. The van der Waals surface area contributed by atoms with Gasteiger partial charge >= 0.3 is 0 Å². The molecule has 0 atom stereocenters. The summed E-state index contributed by atoms with van der Waals surface area (Å²) in [6.45, 7) is 3.22. The number of nitrogens with one attached hydrogen (secondary N) is 1. The maximum atomic E-state index is 12.0. The van der Waals surface area contributed by atoms with Gasteiger partial charge in [0, 0.05) is 45.8 Å². The van der Waals surface area contributed by atoms with E-state index in [0.29, 0.717) is 25.2 Å². The van der Waals surface area contributed by atoms with Gasteiger partial charge < -0.3 is 14.8 Å². The molecule has 1 aliphatic heterocycles. The maximum absolute atomic E-state index is 12.0. The fourth-order valence-electron chi connectivity index (χ4n) is 2.57. The molecule has 1 aromatic rings. The Morgan fingerprint density at radius 1 is 1.40 bits per heavy atom. The van der Waals surface area contributed by atoms with E-state index in [4.69, 9.17) is 5.26 Å². The van der Waals surface area contributed by atoms with E-state index in [1.54, 1.807) is 0 Å². The number of hydrogen-bond donors (Lipinski definition) is 1. The Morgan fingerprint density at radius 3 is 2.80 bits per heavy atom. The van der Waals surface area contributed by atoms with E-state index in [2.05, 4.69) is 11.4 Å². The molecule has 0 spiro atoms. The quantitative estimate of drug-likeness (QED) is 0.825. The third-order valence-corrected chi connectivity index (χ3v) is 3.73. The van der Waals surface area contributed by atoms with Crippen LogP contribution in [-0.2, 0) is 18.4 Å². The number of amides is 1. The third-order valence-electron chi connectivity index (χ3n) is 3.73. The molecule has 0 bridgehead atoms. The van der Waals surface area contributed by atoms with Crippen LogP contribution in [0.2, 0.25) is 0 Å². The number of hydrogen-bond acceptors (Lipinski definition) is 3. The molecule has 1 saturated heterocycles. The summed E-state index contributed by atoms with van der Waals surface area (Å²) in [5.41, 5.74) is 1.74. The molecule has 1 aliphatic rings. The van der Waals surface area contributed by atoms with Gasteiger partial charge in [-0.3, -0.25) is 4.79 Å². The zero-order valence-electron chi connectivity index (χ0n) is 12.1. The van der Waals surface area contributed by atoms with Crippen molar-refractivity contribution in [3.63, 3.8) is 0 Å². The van der Waals surface area contributed by atoms with Crippen molar-refractivity contribution in [2.75, 3.05) is 19.6 Å². The van der Waals surface area contributed by atoms with Gasteiger partial charge in [0.25, 0.3) is 0 Å². The van der Waals surface area contributed by atoms with E-state index >= 15 is 0 Å². The van der Waals surface area contributed by atoms with Crippen LogP contribution in [0.15, 0.2) is 12.3 Å². The molecular formula is C15H22N4O. The first kappa shape index (κ1) is 14.6. The van der Waals surface area contributed by atoms with Gasteiger partial charge in [0.1, 0.15) is 11.8 Å². The van der Waals surface area contributed by atoms with Gasteiger partial charge in [-0.05, 0) is 30.9 Å². The van der Waals surface area contributed by atoms with Crippen LogP contribution >= 0.6 is 0 Å². The number of aromatic nitrogens is 1. The minimum Gasteiger partial charge on any atom is -0.343 e. The summed E-state index contributed by atoms with van der Waals surface area (Å²) in [6, 6.07) is 4.02. The average molecular weight is 274 g/mol. The number of rotatable bonds is 5. The highest BCUT2D eigenvalue weighted by Gasteiger charge is 2.15. The molecule has 20 heavy (non-hydrogen) atoms. The van der Waals surface area contributed by atoms with Gasteiger partial charge in [-0.1, -0.05) is 0 Å². The van der Waals surface area contributed by atoms with E-state index in [1.807, 2.05) is 28.8 Å². The first-order valence-electron chi connectivity index (χ1n) is 7.24. The number of piperidine rings is 1. The van der Waals surface area contributed by atoms with Crippen molar-refractivity contribution in [1.82, 2.24) is 14.8 Å². The van der Waals surface area contributed by atoms with Gasteiger partial charge in [0.15, 0.2) is 0 Å². The number of nitrogens with zero attached hydrogens (tertiary/aromatic N) is 3. The van der Waals surface area contributed by atoms with E-state index in [0.717, 1.165) is 31.5 Å². The lowest BCUT2D eigenvalue weighted by Gasteiger charge is -2.26. The summed E-state index contributed by atoms with van der Waals surface area (Å²) < 4.78 is 1.82. The molecule has 2 heterocycles. The molecular weight excluding hydrogens is 252 g/mol. The number of carbonyl (C=O) groups excluding carboxylic acids is 1. The Hall–Kier alpha value is -1.80. The molecule has 5 heteroatoms. The number of carbonyl (C=O) groups is 1. The van der Waals surface area contributed by atoms with Crippen LogP contribution in [0.1, 0.15) is 36.9 Å². The Bertz CT molecular complexity index is 494. The molecule has 1 fully saturated rings. The SMILES string of the molecule is Cn1cc(CNCCC(=O)N2CCCCC2)cc1C#N. The van der Waals surface area contributed by atoms with E-state index in [-0.39, 0.29) is 5.91 Å². The highest BCUT2D eigenvalue weighted by Crippen LogP contribution is 2.09. The van der Waals surface area contributed by atoms with Crippen molar-refractivity contribution >= 4 is 5.91 Å². The summed E-state index contributed by atoms with van der Waals surface area (Å²) >= 11 is 0. The molecule has 2 rings (SSSR count). The smallest absolute Gasteiger partial charge is 0.223 e. The molecule has 1 aromatic heterocycles.